The van der Waals surface area contributed by atoms with Crippen molar-refractivity contribution in [2.75, 3.05) is 6.61 Å². The third-order valence-corrected chi connectivity index (χ3v) is 3.85. The first kappa shape index (κ1) is 18.7. The summed E-state index contributed by atoms with van der Waals surface area (Å²) in [4.78, 5) is 46.6. The SMILES string of the molecule is CC(=O)OC[C@@H]1O[C@H](n2cnc3cncnc32)[C@H](OC(C)=O)[C@@H]1OC(C)=O. The highest BCUT2D eigenvalue weighted by Crippen LogP contribution is 2.35. The molecule has 0 radical (unpaired) electrons. The minimum Gasteiger partial charge on any atom is -0.463 e. The summed E-state index contributed by atoms with van der Waals surface area (Å²) in [5.74, 6) is -1.70. The Morgan fingerprint density at radius 2 is 1.78 bits per heavy atom. The van der Waals surface area contributed by atoms with Crippen LogP contribution in [0.3, 0.4) is 0 Å². The Kier molecular flexibility index (Phi) is 5.31. The zero-order valence-corrected chi connectivity index (χ0v) is 14.9. The maximum absolute atomic E-state index is 11.6. The Morgan fingerprint density at radius 3 is 2.44 bits per heavy atom. The predicted molar refractivity (Wildman–Crippen MR) is 87.0 cm³/mol. The lowest BCUT2D eigenvalue weighted by Crippen LogP contribution is -2.40. The van der Waals surface area contributed by atoms with Crippen LogP contribution in [0.5, 0.6) is 0 Å². The summed E-state index contributed by atoms with van der Waals surface area (Å²) >= 11 is 0. The number of hydrogen-bond acceptors (Lipinski definition) is 10. The maximum atomic E-state index is 11.6. The molecule has 0 bridgehead atoms. The molecule has 1 fully saturated rings. The van der Waals surface area contributed by atoms with Gasteiger partial charge in [-0.1, -0.05) is 0 Å². The minimum atomic E-state index is -0.987. The molecule has 4 atom stereocenters. The average Bonchev–Trinajstić information content (AvgIpc) is 3.15. The molecular weight excluding hydrogens is 360 g/mol. The van der Waals surface area contributed by atoms with E-state index in [1.807, 2.05) is 0 Å². The maximum Gasteiger partial charge on any atom is 0.303 e. The van der Waals surface area contributed by atoms with Crippen molar-refractivity contribution >= 4 is 29.1 Å². The molecule has 3 rings (SSSR count). The zero-order chi connectivity index (χ0) is 19.6. The lowest BCUT2D eigenvalue weighted by Gasteiger charge is -2.23. The van der Waals surface area contributed by atoms with Crippen molar-refractivity contribution in [3.8, 4) is 0 Å². The lowest BCUT2D eigenvalue weighted by atomic mass is 10.1. The summed E-state index contributed by atoms with van der Waals surface area (Å²) in [6, 6.07) is 0. The summed E-state index contributed by atoms with van der Waals surface area (Å²) in [5, 5.41) is 0. The van der Waals surface area contributed by atoms with Crippen molar-refractivity contribution in [3.05, 3.63) is 18.9 Å². The number of imidazole rings is 1. The topological polar surface area (TPSA) is 132 Å². The van der Waals surface area contributed by atoms with Crippen molar-refractivity contribution in [1.29, 1.82) is 0 Å². The van der Waals surface area contributed by atoms with E-state index in [4.69, 9.17) is 18.9 Å². The minimum absolute atomic E-state index is 0.177. The Hall–Kier alpha value is -3.08. The third kappa shape index (κ3) is 4.03. The Labute approximate surface area is 153 Å². The van der Waals surface area contributed by atoms with Crippen LogP contribution in [0, 0.1) is 0 Å². The monoisotopic (exact) mass is 378 g/mol. The van der Waals surface area contributed by atoms with Gasteiger partial charge in [-0.3, -0.25) is 19.0 Å². The van der Waals surface area contributed by atoms with Crippen LogP contribution in [-0.4, -0.2) is 62.3 Å². The van der Waals surface area contributed by atoms with Crippen molar-refractivity contribution in [3.63, 3.8) is 0 Å². The summed E-state index contributed by atoms with van der Waals surface area (Å²) < 4.78 is 23.2. The molecule has 144 valence electrons. The first-order chi connectivity index (χ1) is 12.9. The molecule has 2 aromatic heterocycles. The highest BCUT2D eigenvalue weighted by atomic mass is 16.7. The molecule has 1 aliphatic heterocycles. The van der Waals surface area contributed by atoms with Gasteiger partial charge in [0.15, 0.2) is 24.1 Å². The number of fused-ring (bicyclic) bond motifs is 1. The van der Waals surface area contributed by atoms with E-state index in [1.54, 1.807) is 4.57 Å². The van der Waals surface area contributed by atoms with Gasteiger partial charge in [-0.05, 0) is 0 Å². The molecule has 27 heavy (non-hydrogen) atoms. The van der Waals surface area contributed by atoms with E-state index in [9.17, 15) is 14.4 Å². The van der Waals surface area contributed by atoms with Gasteiger partial charge in [0, 0.05) is 20.8 Å². The first-order valence-electron chi connectivity index (χ1n) is 8.12. The van der Waals surface area contributed by atoms with Crippen molar-refractivity contribution in [1.82, 2.24) is 19.5 Å². The quantitative estimate of drug-likeness (QED) is 0.523. The molecular formula is C16H18N4O7. The van der Waals surface area contributed by atoms with Crippen molar-refractivity contribution in [2.24, 2.45) is 0 Å². The molecule has 1 saturated heterocycles. The average molecular weight is 378 g/mol. The molecule has 0 spiro atoms. The van der Waals surface area contributed by atoms with Gasteiger partial charge in [0.05, 0.1) is 12.5 Å². The number of esters is 3. The standard InChI is InChI=1S/C16H18N4O7/c1-8(21)24-5-12-13(25-9(2)22)14(26-10(3)23)16(27-12)20-7-19-11-4-17-6-18-15(11)20/h4,6-7,12-14,16H,5H2,1-3H3/t12-,13+,14+,16-/m0/s1. The van der Waals surface area contributed by atoms with Crippen LogP contribution in [-0.2, 0) is 33.3 Å². The second-order valence-electron chi connectivity index (χ2n) is 5.90. The van der Waals surface area contributed by atoms with Gasteiger partial charge in [0.2, 0.25) is 0 Å². The highest BCUT2D eigenvalue weighted by Gasteiger charge is 2.51. The fourth-order valence-corrected chi connectivity index (χ4v) is 2.89. The van der Waals surface area contributed by atoms with Gasteiger partial charge in [-0.25, -0.2) is 15.0 Å². The summed E-state index contributed by atoms with van der Waals surface area (Å²) in [6.07, 6.45) is 0.629. The van der Waals surface area contributed by atoms with E-state index < -0.39 is 42.4 Å². The molecule has 11 heteroatoms. The summed E-state index contributed by atoms with van der Waals surface area (Å²) in [5.41, 5.74) is 0.956. The van der Waals surface area contributed by atoms with Crippen LogP contribution in [0.25, 0.3) is 11.2 Å². The molecule has 1 aliphatic rings. The molecule has 3 heterocycles. The molecule has 0 saturated carbocycles. The first-order valence-corrected chi connectivity index (χ1v) is 8.12. The number of carbonyl (C=O) groups is 3. The third-order valence-electron chi connectivity index (χ3n) is 3.85. The molecule has 11 nitrogen and oxygen atoms in total. The lowest BCUT2D eigenvalue weighted by molar-refractivity contribution is -0.166. The number of rotatable bonds is 5. The molecule has 0 unspecified atom stereocenters. The van der Waals surface area contributed by atoms with Gasteiger partial charge in [-0.2, -0.15) is 0 Å². The molecule has 0 aliphatic carbocycles. The van der Waals surface area contributed by atoms with Crippen LogP contribution in [0.1, 0.15) is 27.0 Å². The molecule has 0 amide bonds. The van der Waals surface area contributed by atoms with E-state index in [0.29, 0.717) is 11.2 Å². The summed E-state index contributed by atoms with van der Waals surface area (Å²) in [7, 11) is 0. The molecule has 2 aromatic rings. The number of hydrogen-bond donors (Lipinski definition) is 0. The Morgan fingerprint density at radius 1 is 1.07 bits per heavy atom. The normalized spacial score (nSPS) is 24.6. The number of nitrogens with zero attached hydrogens (tertiary/aromatic N) is 4. The fraction of sp³-hybridized carbons (Fsp3) is 0.500. The van der Waals surface area contributed by atoms with Gasteiger partial charge in [-0.15, -0.1) is 0 Å². The number of aromatic nitrogens is 4. The van der Waals surface area contributed by atoms with E-state index in [2.05, 4.69) is 15.0 Å². The van der Waals surface area contributed by atoms with Crippen molar-refractivity contribution < 1.29 is 33.3 Å². The van der Waals surface area contributed by atoms with E-state index in [1.165, 1.54) is 39.6 Å². The predicted octanol–water partition coefficient (Wildman–Crippen LogP) is 0.150. The number of ether oxygens (including phenoxy) is 4. The second kappa shape index (κ2) is 7.66. The second-order valence-corrected chi connectivity index (χ2v) is 5.90. The van der Waals surface area contributed by atoms with E-state index in [0.717, 1.165) is 0 Å². The van der Waals surface area contributed by atoms with E-state index >= 15 is 0 Å². The Bertz CT molecular complexity index is 867. The van der Waals surface area contributed by atoms with Crippen LogP contribution in [0.4, 0.5) is 0 Å². The van der Waals surface area contributed by atoms with Gasteiger partial charge in [0.25, 0.3) is 0 Å². The smallest absolute Gasteiger partial charge is 0.303 e. The molecule has 0 N–H and O–H groups in total. The highest BCUT2D eigenvalue weighted by molar-refractivity contribution is 5.70. The van der Waals surface area contributed by atoms with Crippen LogP contribution < -0.4 is 0 Å². The van der Waals surface area contributed by atoms with Crippen LogP contribution in [0.2, 0.25) is 0 Å². The largest absolute Gasteiger partial charge is 0.463 e. The van der Waals surface area contributed by atoms with Crippen molar-refractivity contribution in [2.45, 2.75) is 45.3 Å². The fourth-order valence-electron chi connectivity index (χ4n) is 2.89. The molecule has 0 aromatic carbocycles. The van der Waals surface area contributed by atoms with Crippen LogP contribution in [0.15, 0.2) is 18.9 Å². The van der Waals surface area contributed by atoms with Gasteiger partial charge < -0.3 is 18.9 Å². The van der Waals surface area contributed by atoms with Gasteiger partial charge >= 0.3 is 17.9 Å². The van der Waals surface area contributed by atoms with Crippen LogP contribution >= 0.6 is 0 Å². The van der Waals surface area contributed by atoms with Gasteiger partial charge in [0.1, 0.15) is 24.6 Å². The number of carbonyl (C=O) groups excluding carboxylic acids is 3. The zero-order valence-electron chi connectivity index (χ0n) is 14.9. The Balaban J connectivity index is 1.98. The van der Waals surface area contributed by atoms with E-state index in [-0.39, 0.29) is 6.61 Å². The summed E-state index contributed by atoms with van der Waals surface area (Å²) in [6.45, 7) is 3.52.